The van der Waals surface area contributed by atoms with Gasteiger partial charge in [-0.1, -0.05) is 39.7 Å². The Labute approximate surface area is 123 Å². The largest absolute Gasteiger partial charge is 0.326 e. The standard InChI is InChI=1S/C14H10BrClFNO/c15-9-3-1-4-10(7-9)18-14(19)8-11-12(16)5-2-6-13(11)17/h1-7H,8H2,(H,18,19). The number of anilines is 1. The molecular weight excluding hydrogens is 333 g/mol. The number of amides is 1. The average Bonchev–Trinajstić information content (AvgIpc) is 2.34. The van der Waals surface area contributed by atoms with Crippen molar-refractivity contribution < 1.29 is 9.18 Å². The van der Waals surface area contributed by atoms with Gasteiger partial charge in [0.25, 0.3) is 0 Å². The number of halogens is 3. The summed E-state index contributed by atoms with van der Waals surface area (Å²) in [6.45, 7) is 0. The van der Waals surface area contributed by atoms with Gasteiger partial charge in [-0.05, 0) is 30.3 Å². The molecule has 2 rings (SSSR count). The third-order valence-corrected chi connectivity index (χ3v) is 3.35. The molecule has 2 aromatic carbocycles. The molecule has 0 spiro atoms. The van der Waals surface area contributed by atoms with E-state index in [1.54, 1.807) is 24.3 Å². The summed E-state index contributed by atoms with van der Waals surface area (Å²) in [4.78, 5) is 11.8. The zero-order valence-corrected chi connectivity index (χ0v) is 12.1. The molecular formula is C14H10BrClFNO. The molecule has 2 aromatic rings. The van der Waals surface area contributed by atoms with Crippen LogP contribution in [0.3, 0.4) is 0 Å². The molecule has 0 aromatic heterocycles. The first kappa shape index (κ1) is 14.0. The number of nitrogens with one attached hydrogen (secondary N) is 1. The first-order valence-electron chi connectivity index (χ1n) is 5.54. The fourth-order valence-corrected chi connectivity index (χ4v) is 2.26. The molecule has 0 unspecified atom stereocenters. The van der Waals surface area contributed by atoms with Gasteiger partial charge in [0.05, 0.1) is 6.42 Å². The number of carbonyl (C=O) groups excluding carboxylic acids is 1. The summed E-state index contributed by atoms with van der Waals surface area (Å²) in [5.41, 5.74) is 0.850. The maximum absolute atomic E-state index is 13.5. The molecule has 5 heteroatoms. The van der Waals surface area contributed by atoms with Gasteiger partial charge in [-0.2, -0.15) is 0 Å². The molecule has 0 atom stereocenters. The van der Waals surface area contributed by atoms with E-state index in [-0.39, 0.29) is 22.9 Å². The van der Waals surface area contributed by atoms with Crippen LogP contribution in [-0.2, 0) is 11.2 Å². The van der Waals surface area contributed by atoms with Gasteiger partial charge in [0.2, 0.25) is 5.91 Å². The Hall–Kier alpha value is -1.39. The van der Waals surface area contributed by atoms with E-state index in [0.29, 0.717) is 5.69 Å². The molecule has 2 nitrogen and oxygen atoms in total. The van der Waals surface area contributed by atoms with Crippen LogP contribution in [0.25, 0.3) is 0 Å². The third-order valence-electron chi connectivity index (χ3n) is 2.51. The maximum Gasteiger partial charge on any atom is 0.228 e. The third kappa shape index (κ3) is 3.78. The highest BCUT2D eigenvalue weighted by atomic mass is 79.9. The number of benzene rings is 2. The van der Waals surface area contributed by atoms with Crippen LogP contribution in [0, 0.1) is 5.82 Å². The summed E-state index contributed by atoms with van der Waals surface area (Å²) in [5.74, 6) is -0.790. The normalized spacial score (nSPS) is 10.3. The Kier molecular flexibility index (Phi) is 4.56. The van der Waals surface area contributed by atoms with Crippen molar-refractivity contribution >= 4 is 39.1 Å². The van der Waals surface area contributed by atoms with E-state index in [9.17, 15) is 9.18 Å². The van der Waals surface area contributed by atoms with Crippen molar-refractivity contribution in [2.75, 3.05) is 5.32 Å². The topological polar surface area (TPSA) is 29.1 Å². The van der Waals surface area contributed by atoms with Crippen molar-refractivity contribution in [2.24, 2.45) is 0 Å². The number of carbonyl (C=O) groups is 1. The van der Waals surface area contributed by atoms with E-state index in [1.807, 2.05) is 6.07 Å². The summed E-state index contributed by atoms with van der Waals surface area (Å²) >= 11 is 9.18. The molecule has 0 aliphatic heterocycles. The Bertz CT molecular complexity index is 598. The Morgan fingerprint density at radius 1 is 1.26 bits per heavy atom. The molecule has 0 fully saturated rings. The Morgan fingerprint density at radius 3 is 2.68 bits per heavy atom. The Morgan fingerprint density at radius 2 is 2.00 bits per heavy atom. The summed E-state index contributed by atoms with van der Waals surface area (Å²) < 4.78 is 14.4. The molecule has 0 aliphatic rings. The predicted octanol–water partition coefficient (Wildman–Crippen LogP) is 4.42. The van der Waals surface area contributed by atoms with Crippen molar-refractivity contribution in [3.8, 4) is 0 Å². The van der Waals surface area contributed by atoms with E-state index in [2.05, 4.69) is 21.2 Å². The zero-order valence-electron chi connectivity index (χ0n) is 9.79. The van der Waals surface area contributed by atoms with Crippen LogP contribution in [0.1, 0.15) is 5.56 Å². The zero-order chi connectivity index (χ0) is 13.8. The second-order valence-electron chi connectivity index (χ2n) is 3.94. The van der Waals surface area contributed by atoms with Crippen molar-refractivity contribution in [2.45, 2.75) is 6.42 Å². The van der Waals surface area contributed by atoms with Gasteiger partial charge in [0.1, 0.15) is 5.82 Å². The highest BCUT2D eigenvalue weighted by Crippen LogP contribution is 2.20. The van der Waals surface area contributed by atoms with E-state index in [1.165, 1.54) is 12.1 Å². The molecule has 0 bridgehead atoms. The second kappa shape index (κ2) is 6.17. The number of hydrogen-bond acceptors (Lipinski definition) is 1. The van der Waals surface area contributed by atoms with Crippen LogP contribution in [0.2, 0.25) is 5.02 Å². The SMILES string of the molecule is O=C(Cc1c(F)cccc1Cl)Nc1cccc(Br)c1. The molecule has 1 amide bonds. The van der Waals surface area contributed by atoms with Crippen molar-refractivity contribution in [1.29, 1.82) is 0 Å². The van der Waals surface area contributed by atoms with Crippen molar-refractivity contribution in [1.82, 2.24) is 0 Å². The first-order valence-corrected chi connectivity index (χ1v) is 6.71. The predicted molar refractivity (Wildman–Crippen MR) is 77.9 cm³/mol. The van der Waals surface area contributed by atoms with Crippen molar-refractivity contribution in [3.63, 3.8) is 0 Å². The van der Waals surface area contributed by atoms with Crippen LogP contribution in [0.5, 0.6) is 0 Å². The molecule has 1 N–H and O–H groups in total. The lowest BCUT2D eigenvalue weighted by atomic mass is 10.1. The first-order chi connectivity index (χ1) is 9.06. The molecule has 0 aliphatic carbocycles. The lowest BCUT2D eigenvalue weighted by Crippen LogP contribution is -2.15. The van der Waals surface area contributed by atoms with E-state index in [4.69, 9.17) is 11.6 Å². The van der Waals surface area contributed by atoms with E-state index in [0.717, 1.165) is 4.47 Å². The van der Waals surface area contributed by atoms with Gasteiger partial charge in [-0.15, -0.1) is 0 Å². The summed E-state index contributed by atoms with van der Waals surface area (Å²) in [7, 11) is 0. The van der Waals surface area contributed by atoms with Crippen LogP contribution in [0.15, 0.2) is 46.9 Å². The van der Waals surface area contributed by atoms with Crippen LogP contribution in [0.4, 0.5) is 10.1 Å². The smallest absolute Gasteiger partial charge is 0.228 e. The van der Waals surface area contributed by atoms with Crippen LogP contribution < -0.4 is 5.32 Å². The average molecular weight is 343 g/mol. The quantitative estimate of drug-likeness (QED) is 0.879. The minimum Gasteiger partial charge on any atom is -0.326 e. The molecule has 98 valence electrons. The van der Waals surface area contributed by atoms with Gasteiger partial charge in [0.15, 0.2) is 0 Å². The Balaban J connectivity index is 2.10. The maximum atomic E-state index is 13.5. The molecule has 0 saturated carbocycles. The monoisotopic (exact) mass is 341 g/mol. The fourth-order valence-electron chi connectivity index (χ4n) is 1.63. The molecule has 0 radical (unpaired) electrons. The van der Waals surface area contributed by atoms with Crippen LogP contribution >= 0.6 is 27.5 Å². The van der Waals surface area contributed by atoms with Gasteiger partial charge in [-0.25, -0.2) is 4.39 Å². The summed E-state index contributed by atoms with van der Waals surface area (Å²) in [6, 6.07) is 11.5. The summed E-state index contributed by atoms with van der Waals surface area (Å²) in [6.07, 6.45) is -0.0992. The number of rotatable bonds is 3. The van der Waals surface area contributed by atoms with E-state index < -0.39 is 5.82 Å². The molecule has 0 saturated heterocycles. The minimum atomic E-state index is -0.475. The number of hydrogen-bond donors (Lipinski definition) is 1. The highest BCUT2D eigenvalue weighted by Gasteiger charge is 2.12. The summed E-state index contributed by atoms with van der Waals surface area (Å²) in [5, 5.41) is 2.95. The molecule has 19 heavy (non-hydrogen) atoms. The molecule has 0 heterocycles. The minimum absolute atomic E-state index is 0.0992. The van der Waals surface area contributed by atoms with Gasteiger partial charge < -0.3 is 5.32 Å². The highest BCUT2D eigenvalue weighted by molar-refractivity contribution is 9.10. The second-order valence-corrected chi connectivity index (χ2v) is 5.26. The fraction of sp³-hybridized carbons (Fsp3) is 0.0714. The van der Waals surface area contributed by atoms with Gasteiger partial charge in [-0.3, -0.25) is 4.79 Å². The lowest BCUT2D eigenvalue weighted by Gasteiger charge is -2.07. The van der Waals surface area contributed by atoms with Crippen molar-refractivity contribution in [3.05, 3.63) is 63.3 Å². The lowest BCUT2D eigenvalue weighted by molar-refractivity contribution is -0.115. The van der Waals surface area contributed by atoms with Gasteiger partial charge in [0, 0.05) is 20.7 Å². The van der Waals surface area contributed by atoms with E-state index >= 15 is 0 Å². The van der Waals surface area contributed by atoms with Crippen LogP contribution in [-0.4, -0.2) is 5.91 Å². The van der Waals surface area contributed by atoms with Gasteiger partial charge >= 0.3 is 0 Å².